The van der Waals surface area contributed by atoms with Crippen LogP contribution in [0, 0.1) is 11.7 Å². The molecule has 0 spiro atoms. The molecule has 2 amide bonds. The molecule has 19 heavy (non-hydrogen) atoms. The highest BCUT2D eigenvalue weighted by Crippen LogP contribution is 2.15. The van der Waals surface area contributed by atoms with E-state index < -0.39 is 11.6 Å². The molecule has 6 heteroatoms. The van der Waals surface area contributed by atoms with E-state index in [0.717, 1.165) is 6.07 Å². The second-order valence-electron chi connectivity index (χ2n) is 4.56. The number of benzene rings is 1. The normalized spacial score (nSPS) is 13.7. The van der Waals surface area contributed by atoms with Crippen LogP contribution < -0.4 is 10.6 Å². The molecule has 1 rings (SSSR count). The zero-order chi connectivity index (χ0) is 14.4. The molecule has 0 fully saturated rings. The van der Waals surface area contributed by atoms with Gasteiger partial charge in [0.05, 0.1) is 0 Å². The Labute approximate surface area is 111 Å². The number of rotatable bonds is 5. The average molecular weight is 270 g/mol. The highest BCUT2D eigenvalue weighted by molar-refractivity contribution is 5.74. The molecule has 0 aromatic heterocycles. The van der Waals surface area contributed by atoms with E-state index in [2.05, 4.69) is 10.6 Å². The van der Waals surface area contributed by atoms with E-state index in [1.54, 1.807) is 6.92 Å². The third-order valence-corrected chi connectivity index (χ3v) is 2.97. The van der Waals surface area contributed by atoms with Gasteiger partial charge in [-0.3, -0.25) is 0 Å². The van der Waals surface area contributed by atoms with Crippen molar-refractivity contribution in [2.45, 2.75) is 26.4 Å². The average Bonchev–Trinajstić information content (AvgIpc) is 2.39. The number of urea groups is 1. The minimum atomic E-state index is -0.720. The third-order valence-electron chi connectivity index (χ3n) is 2.97. The largest absolute Gasteiger partial charge is 0.505 e. The Hall–Kier alpha value is -1.82. The number of carbonyl (C=O) groups is 1. The molecule has 5 nitrogen and oxygen atoms in total. The molecule has 0 bridgehead atoms. The van der Waals surface area contributed by atoms with Crippen LogP contribution in [-0.2, 0) is 6.54 Å². The minimum absolute atomic E-state index is 0.00931. The van der Waals surface area contributed by atoms with Gasteiger partial charge in [-0.2, -0.15) is 0 Å². The molecule has 0 aliphatic carbocycles. The SMILES string of the molecule is CC(CO)C(C)NC(=O)NCc1ccc(O)c(F)c1. The van der Waals surface area contributed by atoms with Gasteiger partial charge in [0.15, 0.2) is 11.6 Å². The first-order valence-electron chi connectivity index (χ1n) is 6.06. The maximum atomic E-state index is 13.1. The smallest absolute Gasteiger partial charge is 0.315 e. The van der Waals surface area contributed by atoms with Crippen LogP contribution in [0.1, 0.15) is 19.4 Å². The van der Waals surface area contributed by atoms with E-state index in [1.165, 1.54) is 12.1 Å². The zero-order valence-corrected chi connectivity index (χ0v) is 11.0. The van der Waals surface area contributed by atoms with Crippen molar-refractivity contribution in [1.82, 2.24) is 10.6 Å². The van der Waals surface area contributed by atoms with E-state index >= 15 is 0 Å². The molecular formula is C13H19FN2O3. The molecule has 1 aromatic carbocycles. The van der Waals surface area contributed by atoms with Gasteiger partial charge in [-0.15, -0.1) is 0 Å². The van der Waals surface area contributed by atoms with Crippen LogP contribution in [0.5, 0.6) is 5.75 Å². The Bertz CT molecular complexity index is 440. The quantitative estimate of drug-likeness (QED) is 0.652. The fraction of sp³-hybridized carbons (Fsp3) is 0.462. The molecule has 2 atom stereocenters. The first kappa shape index (κ1) is 15.2. The summed E-state index contributed by atoms with van der Waals surface area (Å²) < 4.78 is 13.1. The summed E-state index contributed by atoms with van der Waals surface area (Å²) in [6.45, 7) is 3.76. The van der Waals surface area contributed by atoms with Gasteiger partial charge in [-0.25, -0.2) is 9.18 Å². The topological polar surface area (TPSA) is 81.6 Å². The van der Waals surface area contributed by atoms with E-state index in [-0.39, 0.29) is 31.1 Å². The Balaban J connectivity index is 2.43. The summed E-state index contributed by atoms with van der Waals surface area (Å²) in [5, 5.41) is 23.2. The van der Waals surface area contributed by atoms with E-state index in [4.69, 9.17) is 10.2 Å². The van der Waals surface area contributed by atoms with Crippen LogP contribution in [0.3, 0.4) is 0 Å². The van der Waals surface area contributed by atoms with Gasteiger partial charge in [-0.1, -0.05) is 13.0 Å². The lowest BCUT2D eigenvalue weighted by Crippen LogP contribution is -2.43. The summed E-state index contributed by atoms with van der Waals surface area (Å²) in [7, 11) is 0. The highest BCUT2D eigenvalue weighted by Gasteiger charge is 2.13. The molecule has 0 saturated carbocycles. The van der Waals surface area contributed by atoms with E-state index in [0.29, 0.717) is 5.56 Å². The zero-order valence-electron chi connectivity index (χ0n) is 11.0. The summed E-state index contributed by atoms with van der Waals surface area (Å²) in [5.41, 5.74) is 0.549. The van der Waals surface area contributed by atoms with Gasteiger partial charge in [-0.05, 0) is 30.5 Å². The number of phenols is 1. The number of hydrogen-bond donors (Lipinski definition) is 4. The lowest BCUT2D eigenvalue weighted by atomic mass is 10.1. The Morgan fingerprint density at radius 1 is 1.42 bits per heavy atom. The van der Waals surface area contributed by atoms with Crippen LogP contribution in [0.15, 0.2) is 18.2 Å². The number of hydrogen-bond acceptors (Lipinski definition) is 3. The summed E-state index contributed by atoms with van der Waals surface area (Å²) in [6.07, 6.45) is 0. The molecular weight excluding hydrogens is 251 g/mol. The number of nitrogens with one attached hydrogen (secondary N) is 2. The number of aliphatic hydroxyl groups excluding tert-OH is 1. The first-order valence-corrected chi connectivity index (χ1v) is 6.06. The van der Waals surface area contributed by atoms with Crippen molar-refractivity contribution in [2.75, 3.05) is 6.61 Å². The Morgan fingerprint density at radius 2 is 2.11 bits per heavy atom. The van der Waals surface area contributed by atoms with Gasteiger partial charge in [0.1, 0.15) is 0 Å². The standard InChI is InChI=1S/C13H19FN2O3/c1-8(7-17)9(2)16-13(19)15-6-10-3-4-12(18)11(14)5-10/h3-5,8-9,17-18H,6-7H2,1-2H3,(H2,15,16,19). The van der Waals surface area contributed by atoms with Gasteiger partial charge in [0, 0.05) is 19.2 Å². The van der Waals surface area contributed by atoms with Crippen molar-refractivity contribution in [3.05, 3.63) is 29.6 Å². The van der Waals surface area contributed by atoms with Gasteiger partial charge in [0.25, 0.3) is 0 Å². The van der Waals surface area contributed by atoms with Crippen molar-refractivity contribution in [1.29, 1.82) is 0 Å². The van der Waals surface area contributed by atoms with Gasteiger partial charge in [0.2, 0.25) is 0 Å². The van der Waals surface area contributed by atoms with Crippen LogP contribution in [-0.4, -0.2) is 28.9 Å². The number of phenolic OH excluding ortho intramolecular Hbond substituents is 1. The minimum Gasteiger partial charge on any atom is -0.505 e. The van der Waals surface area contributed by atoms with Crippen molar-refractivity contribution < 1.29 is 19.4 Å². The van der Waals surface area contributed by atoms with Gasteiger partial charge < -0.3 is 20.8 Å². The van der Waals surface area contributed by atoms with Crippen LogP contribution >= 0.6 is 0 Å². The van der Waals surface area contributed by atoms with Crippen molar-refractivity contribution in [3.8, 4) is 5.75 Å². The van der Waals surface area contributed by atoms with Crippen LogP contribution in [0.4, 0.5) is 9.18 Å². The van der Waals surface area contributed by atoms with Crippen LogP contribution in [0.25, 0.3) is 0 Å². The summed E-state index contributed by atoms with van der Waals surface area (Å²) in [5.74, 6) is -1.18. The number of halogens is 1. The maximum Gasteiger partial charge on any atom is 0.315 e. The second-order valence-corrected chi connectivity index (χ2v) is 4.56. The maximum absolute atomic E-state index is 13.1. The van der Waals surface area contributed by atoms with E-state index in [9.17, 15) is 9.18 Å². The second kappa shape index (κ2) is 6.94. The monoisotopic (exact) mass is 270 g/mol. The fourth-order valence-corrected chi connectivity index (χ4v) is 1.40. The van der Waals surface area contributed by atoms with Crippen molar-refractivity contribution in [3.63, 3.8) is 0 Å². The van der Waals surface area contributed by atoms with Gasteiger partial charge >= 0.3 is 6.03 Å². The Morgan fingerprint density at radius 3 is 2.68 bits per heavy atom. The Kier molecular flexibility index (Phi) is 5.57. The molecule has 0 aliphatic heterocycles. The molecule has 4 N–H and O–H groups in total. The number of aromatic hydroxyl groups is 1. The van der Waals surface area contributed by atoms with E-state index in [1.807, 2.05) is 6.92 Å². The summed E-state index contributed by atoms with van der Waals surface area (Å²) in [4.78, 5) is 11.6. The van der Waals surface area contributed by atoms with Crippen molar-refractivity contribution >= 4 is 6.03 Å². The molecule has 0 aliphatic rings. The third kappa shape index (κ3) is 4.75. The molecule has 1 aromatic rings. The predicted octanol–water partition coefficient (Wildman–Crippen LogP) is 1.35. The molecule has 0 heterocycles. The lowest BCUT2D eigenvalue weighted by Gasteiger charge is -2.19. The number of aliphatic hydroxyl groups is 1. The molecule has 2 unspecified atom stereocenters. The molecule has 0 saturated heterocycles. The first-order chi connectivity index (χ1) is 8.93. The molecule has 106 valence electrons. The summed E-state index contributed by atoms with van der Waals surface area (Å²) in [6, 6.07) is 3.37. The van der Waals surface area contributed by atoms with Crippen LogP contribution in [0.2, 0.25) is 0 Å². The molecule has 0 radical (unpaired) electrons. The number of carbonyl (C=O) groups excluding carboxylic acids is 1. The lowest BCUT2D eigenvalue weighted by molar-refractivity contribution is 0.200. The fourth-order valence-electron chi connectivity index (χ4n) is 1.40. The predicted molar refractivity (Wildman–Crippen MR) is 69.1 cm³/mol. The summed E-state index contributed by atoms with van der Waals surface area (Å²) >= 11 is 0. The number of amides is 2. The van der Waals surface area contributed by atoms with Crippen molar-refractivity contribution in [2.24, 2.45) is 5.92 Å². The highest BCUT2D eigenvalue weighted by atomic mass is 19.1.